The van der Waals surface area contributed by atoms with Crippen LogP contribution in [0.15, 0.2) is 23.0 Å². The standard InChI is InChI=1S/C30H39Cl2N3O3/c1-15-12-19(29(4,5)6)24(20(13-15)30(7,8)9)38-27(36)23-22(18-11-10-16(2)21(31)14-18)25(32)35-26(23)33-17(3)34-28(35)37/h10-11,14-15,19-20,24H,12-13H2,1-9H3,(H,33,34,37). The van der Waals surface area contributed by atoms with Crippen LogP contribution >= 0.6 is 23.2 Å². The molecule has 0 radical (unpaired) electrons. The van der Waals surface area contributed by atoms with Crippen molar-refractivity contribution in [2.75, 3.05) is 0 Å². The van der Waals surface area contributed by atoms with Crippen molar-refractivity contribution in [1.82, 2.24) is 14.4 Å². The Balaban J connectivity index is 1.93. The zero-order valence-corrected chi connectivity index (χ0v) is 25.3. The number of esters is 1. The number of benzene rings is 1. The second-order valence-electron chi connectivity index (χ2n) is 13.2. The molecule has 0 amide bonds. The van der Waals surface area contributed by atoms with Gasteiger partial charge in [-0.2, -0.15) is 0 Å². The summed E-state index contributed by atoms with van der Waals surface area (Å²) >= 11 is 13.3. The highest BCUT2D eigenvalue weighted by Gasteiger charge is 2.48. The largest absolute Gasteiger partial charge is 0.458 e. The first-order valence-electron chi connectivity index (χ1n) is 13.3. The lowest BCUT2D eigenvalue weighted by Gasteiger charge is -2.50. The molecule has 0 saturated heterocycles. The maximum absolute atomic E-state index is 14.3. The SMILES string of the molecule is Cc1nc2c(C(=O)OC3C(C(C)(C)C)CC(C)CC3C(C)(C)C)c(-c3ccc(C)c(Cl)c3)c(Cl)n2c(=O)[nH]1. The Hall–Kier alpha value is -2.31. The van der Waals surface area contributed by atoms with Crippen LogP contribution in [0.2, 0.25) is 10.2 Å². The number of nitrogens with zero attached hydrogens (tertiary/aromatic N) is 2. The summed E-state index contributed by atoms with van der Waals surface area (Å²) in [4.78, 5) is 34.4. The van der Waals surface area contributed by atoms with Gasteiger partial charge in [0.2, 0.25) is 0 Å². The Morgan fingerprint density at radius 2 is 1.63 bits per heavy atom. The fraction of sp³-hybridized carbons (Fsp3) is 0.567. The average Bonchev–Trinajstić information content (AvgIpc) is 3.07. The van der Waals surface area contributed by atoms with Crippen LogP contribution in [-0.4, -0.2) is 26.4 Å². The number of halogens is 2. The molecule has 206 valence electrons. The monoisotopic (exact) mass is 559 g/mol. The van der Waals surface area contributed by atoms with Gasteiger partial charge >= 0.3 is 11.7 Å². The lowest BCUT2D eigenvalue weighted by atomic mass is 9.59. The Bertz CT molecular complexity index is 1420. The van der Waals surface area contributed by atoms with Gasteiger partial charge in [-0.25, -0.2) is 19.0 Å². The maximum atomic E-state index is 14.3. The number of aromatic amines is 1. The third kappa shape index (κ3) is 5.27. The predicted octanol–water partition coefficient (Wildman–Crippen LogP) is 7.89. The zero-order chi connectivity index (χ0) is 28.3. The molecule has 3 aromatic rings. The number of carbonyl (C=O) groups is 1. The van der Waals surface area contributed by atoms with E-state index in [4.69, 9.17) is 27.9 Å². The minimum atomic E-state index is -0.526. The van der Waals surface area contributed by atoms with Crippen LogP contribution < -0.4 is 5.69 Å². The second kappa shape index (κ2) is 10.0. The van der Waals surface area contributed by atoms with Crippen molar-refractivity contribution in [1.29, 1.82) is 0 Å². The normalized spacial score (nSPS) is 22.6. The molecule has 0 aliphatic heterocycles. The number of aromatic nitrogens is 3. The van der Waals surface area contributed by atoms with E-state index in [9.17, 15) is 9.59 Å². The Morgan fingerprint density at radius 1 is 1.05 bits per heavy atom. The van der Waals surface area contributed by atoms with E-state index < -0.39 is 11.7 Å². The molecule has 8 heteroatoms. The molecule has 1 N–H and O–H groups in total. The Kier molecular flexibility index (Phi) is 7.56. The van der Waals surface area contributed by atoms with E-state index in [1.54, 1.807) is 13.0 Å². The Labute approximate surface area is 235 Å². The first-order valence-corrected chi connectivity index (χ1v) is 14.0. The predicted molar refractivity (Wildman–Crippen MR) is 154 cm³/mol. The molecule has 2 unspecified atom stereocenters. The van der Waals surface area contributed by atoms with E-state index in [0.717, 1.165) is 18.4 Å². The summed E-state index contributed by atoms with van der Waals surface area (Å²) in [7, 11) is 0. The number of nitrogens with one attached hydrogen (secondary N) is 1. The van der Waals surface area contributed by atoms with E-state index in [1.807, 2.05) is 19.1 Å². The minimum absolute atomic E-state index is 0.0666. The van der Waals surface area contributed by atoms with Crippen LogP contribution in [0.25, 0.3) is 16.8 Å². The summed E-state index contributed by atoms with van der Waals surface area (Å²) in [5, 5.41) is 0.630. The van der Waals surface area contributed by atoms with Gasteiger partial charge in [0.15, 0.2) is 5.65 Å². The summed E-state index contributed by atoms with van der Waals surface area (Å²) in [5.74, 6) is 0.710. The molecule has 2 aromatic heterocycles. The molecular weight excluding hydrogens is 521 g/mol. The molecule has 1 aromatic carbocycles. The van der Waals surface area contributed by atoms with E-state index in [-0.39, 0.29) is 45.1 Å². The molecule has 1 aliphatic carbocycles. The van der Waals surface area contributed by atoms with Crippen molar-refractivity contribution in [2.45, 2.75) is 81.3 Å². The topological polar surface area (TPSA) is 76.5 Å². The van der Waals surface area contributed by atoms with Crippen molar-refractivity contribution in [3.8, 4) is 11.1 Å². The lowest BCUT2D eigenvalue weighted by Crippen LogP contribution is -2.49. The van der Waals surface area contributed by atoms with E-state index in [1.165, 1.54) is 4.40 Å². The number of H-pyrrole nitrogens is 1. The van der Waals surface area contributed by atoms with Gasteiger partial charge in [0, 0.05) is 22.4 Å². The van der Waals surface area contributed by atoms with Crippen LogP contribution in [-0.2, 0) is 4.74 Å². The molecule has 0 spiro atoms. The van der Waals surface area contributed by atoms with E-state index in [0.29, 0.717) is 27.9 Å². The van der Waals surface area contributed by atoms with Gasteiger partial charge in [0.05, 0.1) is 0 Å². The number of hydrogen-bond acceptors (Lipinski definition) is 4. The summed E-state index contributed by atoms with van der Waals surface area (Å²) in [6.07, 6.45) is 1.65. The third-order valence-electron chi connectivity index (χ3n) is 8.09. The van der Waals surface area contributed by atoms with Crippen LogP contribution in [0.1, 0.15) is 83.1 Å². The maximum Gasteiger partial charge on any atom is 0.342 e. The second-order valence-corrected chi connectivity index (χ2v) is 13.9. The first kappa shape index (κ1) is 28.7. The van der Waals surface area contributed by atoms with Crippen molar-refractivity contribution in [3.63, 3.8) is 0 Å². The van der Waals surface area contributed by atoms with Gasteiger partial charge < -0.3 is 4.74 Å². The molecule has 38 heavy (non-hydrogen) atoms. The number of rotatable bonds is 3. The highest BCUT2D eigenvalue weighted by atomic mass is 35.5. The third-order valence-corrected chi connectivity index (χ3v) is 8.86. The van der Waals surface area contributed by atoms with Gasteiger partial charge in [0.25, 0.3) is 0 Å². The highest BCUT2D eigenvalue weighted by molar-refractivity contribution is 6.35. The molecule has 0 bridgehead atoms. The average molecular weight is 561 g/mol. The smallest absolute Gasteiger partial charge is 0.342 e. The van der Waals surface area contributed by atoms with Crippen LogP contribution in [0.5, 0.6) is 0 Å². The fourth-order valence-electron chi connectivity index (χ4n) is 5.98. The summed E-state index contributed by atoms with van der Waals surface area (Å²) in [5.41, 5.74) is 1.67. The molecule has 2 heterocycles. The first-order chi connectivity index (χ1) is 17.5. The van der Waals surface area contributed by atoms with Crippen LogP contribution in [0.4, 0.5) is 0 Å². The fourth-order valence-corrected chi connectivity index (χ4v) is 6.52. The van der Waals surface area contributed by atoms with Gasteiger partial charge in [-0.1, -0.05) is 83.8 Å². The lowest BCUT2D eigenvalue weighted by molar-refractivity contribution is -0.0922. The molecule has 1 saturated carbocycles. The summed E-state index contributed by atoms with van der Waals surface area (Å²) in [6, 6.07) is 5.47. The molecule has 1 fully saturated rings. The van der Waals surface area contributed by atoms with Crippen molar-refractivity contribution in [2.24, 2.45) is 28.6 Å². The minimum Gasteiger partial charge on any atom is -0.458 e. The summed E-state index contributed by atoms with van der Waals surface area (Å²) < 4.78 is 7.76. The number of carbonyl (C=O) groups excluding carboxylic acids is 1. The van der Waals surface area contributed by atoms with Gasteiger partial charge in [0.1, 0.15) is 22.6 Å². The number of fused-ring (bicyclic) bond motifs is 1. The summed E-state index contributed by atoms with van der Waals surface area (Å²) in [6.45, 7) is 19.1. The zero-order valence-electron chi connectivity index (χ0n) is 23.8. The molecule has 1 aliphatic rings. The number of aryl methyl sites for hydroxylation is 2. The van der Waals surface area contributed by atoms with Gasteiger partial charge in [-0.05, 0) is 60.6 Å². The highest BCUT2D eigenvalue weighted by Crippen LogP contribution is 2.50. The van der Waals surface area contributed by atoms with Crippen molar-refractivity contribution >= 4 is 34.8 Å². The number of hydrogen-bond donors (Lipinski definition) is 1. The van der Waals surface area contributed by atoms with Crippen molar-refractivity contribution in [3.05, 3.63) is 55.8 Å². The van der Waals surface area contributed by atoms with Crippen molar-refractivity contribution < 1.29 is 9.53 Å². The number of ether oxygens (including phenoxy) is 1. The van der Waals surface area contributed by atoms with Crippen LogP contribution in [0.3, 0.4) is 0 Å². The Morgan fingerprint density at radius 3 is 2.16 bits per heavy atom. The van der Waals surface area contributed by atoms with E-state index in [2.05, 4.69) is 58.4 Å². The van der Waals surface area contributed by atoms with E-state index >= 15 is 0 Å². The molecular formula is C30H39Cl2N3O3. The van der Waals surface area contributed by atoms with Gasteiger partial charge in [-0.3, -0.25) is 4.98 Å². The van der Waals surface area contributed by atoms with Gasteiger partial charge in [-0.15, -0.1) is 0 Å². The molecule has 6 nitrogen and oxygen atoms in total. The molecule has 4 rings (SSSR count). The molecule has 2 atom stereocenters. The van der Waals surface area contributed by atoms with Crippen LogP contribution in [0, 0.1) is 42.4 Å². The quantitative estimate of drug-likeness (QED) is 0.331.